The van der Waals surface area contributed by atoms with E-state index in [4.69, 9.17) is 0 Å². The van der Waals surface area contributed by atoms with Gasteiger partial charge >= 0.3 is 0 Å². The summed E-state index contributed by atoms with van der Waals surface area (Å²) in [6.45, 7) is 1.54. The van der Waals surface area contributed by atoms with E-state index in [9.17, 15) is 23.2 Å². The van der Waals surface area contributed by atoms with Gasteiger partial charge in [0.15, 0.2) is 0 Å². The first kappa shape index (κ1) is 18.5. The number of rotatable bonds is 4. The first-order chi connectivity index (χ1) is 12.8. The summed E-state index contributed by atoms with van der Waals surface area (Å²) >= 11 is 0. The van der Waals surface area contributed by atoms with Crippen molar-refractivity contribution in [2.24, 2.45) is 5.92 Å². The molecule has 27 heavy (non-hydrogen) atoms. The minimum atomic E-state index is -0.877. The highest BCUT2D eigenvalue weighted by molar-refractivity contribution is 6.03. The van der Waals surface area contributed by atoms with E-state index in [1.54, 1.807) is 24.3 Å². The lowest BCUT2D eigenvalue weighted by molar-refractivity contribution is -0.122. The Morgan fingerprint density at radius 1 is 1.07 bits per heavy atom. The Morgan fingerprint density at radius 2 is 1.78 bits per heavy atom. The Hall–Kier alpha value is -3.29. The van der Waals surface area contributed by atoms with Crippen LogP contribution >= 0.6 is 0 Å². The molecular formula is C19H17F2N3O3. The minimum absolute atomic E-state index is 0.0118. The van der Waals surface area contributed by atoms with Crippen molar-refractivity contribution in [3.63, 3.8) is 0 Å². The number of anilines is 3. The zero-order valence-corrected chi connectivity index (χ0v) is 14.5. The minimum Gasteiger partial charge on any atom is -0.326 e. The molecule has 3 amide bonds. The van der Waals surface area contributed by atoms with Crippen LogP contribution in [0.4, 0.5) is 25.8 Å². The van der Waals surface area contributed by atoms with Gasteiger partial charge in [-0.15, -0.1) is 0 Å². The highest BCUT2D eigenvalue weighted by atomic mass is 19.1. The van der Waals surface area contributed by atoms with Crippen LogP contribution in [0.5, 0.6) is 0 Å². The molecule has 0 saturated carbocycles. The highest BCUT2D eigenvalue weighted by Crippen LogP contribution is 2.27. The van der Waals surface area contributed by atoms with Gasteiger partial charge in [0.05, 0.1) is 11.6 Å². The van der Waals surface area contributed by atoms with Crippen LogP contribution in [0, 0.1) is 17.6 Å². The largest absolute Gasteiger partial charge is 0.326 e. The number of hydrogen-bond acceptors (Lipinski definition) is 3. The fourth-order valence-electron chi connectivity index (χ4n) is 2.89. The van der Waals surface area contributed by atoms with E-state index in [0.29, 0.717) is 17.4 Å². The predicted octanol–water partition coefficient (Wildman–Crippen LogP) is 2.91. The topological polar surface area (TPSA) is 78.5 Å². The van der Waals surface area contributed by atoms with E-state index < -0.39 is 23.5 Å². The Kier molecular flexibility index (Phi) is 5.16. The Morgan fingerprint density at radius 3 is 2.41 bits per heavy atom. The van der Waals surface area contributed by atoms with Gasteiger partial charge in [0, 0.05) is 37.3 Å². The number of hydrogen-bond donors (Lipinski definition) is 2. The van der Waals surface area contributed by atoms with Crippen LogP contribution in [0.2, 0.25) is 0 Å². The number of amides is 3. The quantitative estimate of drug-likeness (QED) is 0.865. The zero-order chi connectivity index (χ0) is 19.6. The van der Waals surface area contributed by atoms with E-state index in [2.05, 4.69) is 10.6 Å². The summed E-state index contributed by atoms with van der Waals surface area (Å²) in [4.78, 5) is 37.1. The summed E-state index contributed by atoms with van der Waals surface area (Å²) in [5.41, 5.74) is 1.06. The maximum atomic E-state index is 13.7. The van der Waals surface area contributed by atoms with Crippen molar-refractivity contribution in [3.05, 3.63) is 54.1 Å². The van der Waals surface area contributed by atoms with Gasteiger partial charge in [-0.1, -0.05) is 0 Å². The van der Waals surface area contributed by atoms with Crippen LogP contribution in [0.3, 0.4) is 0 Å². The first-order valence-corrected chi connectivity index (χ1v) is 8.27. The smallest absolute Gasteiger partial charge is 0.229 e. The molecule has 1 aliphatic rings. The first-order valence-electron chi connectivity index (χ1n) is 8.27. The molecule has 2 N–H and O–H groups in total. The third-order valence-electron chi connectivity index (χ3n) is 4.18. The molecule has 140 valence electrons. The third-order valence-corrected chi connectivity index (χ3v) is 4.18. The number of nitrogens with zero attached hydrogens (tertiary/aromatic N) is 1. The van der Waals surface area contributed by atoms with Crippen molar-refractivity contribution in [3.8, 4) is 0 Å². The average molecular weight is 373 g/mol. The van der Waals surface area contributed by atoms with Crippen molar-refractivity contribution in [2.45, 2.75) is 13.3 Å². The lowest BCUT2D eigenvalue weighted by Crippen LogP contribution is -2.28. The van der Waals surface area contributed by atoms with E-state index in [-0.39, 0.29) is 30.5 Å². The SMILES string of the molecule is CC(=O)Nc1ccc(N2CC(C(=O)Nc3ccc(F)cc3F)CC2=O)cc1. The summed E-state index contributed by atoms with van der Waals surface area (Å²) in [5.74, 6) is -3.22. The van der Waals surface area contributed by atoms with E-state index in [1.165, 1.54) is 11.8 Å². The number of halogens is 2. The Labute approximate surface area is 154 Å². The summed E-state index contributed by atoms with van der Waals surface area (Å²) < 4.78 is 26.6. The molecule has 2 aromatic carbocycles. The highest BCUT2D eigenvalue weighted by Gasteiger charge is 2.35. The molecule has 0 spiro atoms. The molecule has 0 aromatic heterocycles. The second-order valence-electron chi connectivity index (χ2n) is 6.25. The molecule has 0 aliphatic carbocycles. The Balaban J connectivity index is 1.67. The molecule has 3 rings (SSSR count). The summed E-state index contributed by atoms with van der Waals surface area (Å²) in [5, 5.41) is 5.02. The molecule has 1 heterocycles. The molecule has 0 radical (unpaired) electrons. The molecule has 6 nitrogen and oxygen atoms in total. The summed E-state index contributed by atoms with van der Waals surface area (Å²) in [6.07, 6.45) is -0.0118. The normalized spacial score (nSPS) is 16.3. The van der Waals surface area contributed by atoms with Crippen LogP contribution in [-0.4, -0.2) is 24.3 Å². The molecule has 1 atom stereocenters. The van der Waals surface area contributed by atoms with Crippen LogP contribution in [0.15, 0.2) is 42.5 Å². The monoisotopic (exact) mass is 373 g/mol. The predicted molar refractivity (Wildman–Crippen MR) is 96.2 cm³/mol. The number of nitrogens with one attached hydrogen (secondary N) is 2. The van der Waals surface area contributed by atoms with Crippen LogP contribution in [0.1, 0.15) is 13.3 Å². The fraction of sp³-hybridized carbons (Fsp3) is 0.211. The maximum Gasteiger partial charge on any atom is 0.229 e. The van der Waals surface area contributed by atoms with Gasteiger partial charge in [-0.25, -0.2) is 8.78 Å². The van der Waals surface area contributed by atoms with Crippen molar-refractivity contribution in [1.82, 2.24) is 0 Å². The molecule has 1 unspecified atom stereocenters. The van der Waals surface area contributed by atoms with Gasteiger partial charge in [-0.05, 0) is 36.4 Å². The fourth-order valence-corrected chi connectivity index (χ4v) is 2.89. The van der Waals surface area contributed by atoms with Crippen LogP contribution in [0.25, 0.3) is 0 Å². The van der Waals surface area contributed by atoms with E-state index >= 15 is 0 Å². The zero-order valence-electron chi connectivity index (χ0n) is 14.5. The molecule has 0 bridgehead atoms. The van der Waals surface area contributed by atoms with Crippen molar-refractivity contribution < 1.29 is 23.2 Å². The van der Waals surface area contributed by atoms with E-state index in [1.807, 2.05) is 0 Å². The maximum absolute atomic E-state index is 13.7. The molecule has 8 heteroatoms. The van der Waals surface area contributed by atoms with E-state index in [0.717, 1.165) is 12.1 Å². The summed E-state index contributed by atoms with van der Waals surface area (Å²) in [7, 11) is 0. The standard InChI is InChI=1S/C19H17F2N3O3/c1-11(25)22-14-3-5-15(6-4-14)24-10-12(8-18(24)26)19(27)23-17-7-2-13(20)9-16(17)21/h2-7,9,12H,8,10H2,1H3,(H,22,25)(H,23,27). The van der Waals surface area contributed by atoms with Crippen LogP contribution in [-0.2, 0) is 14.4 Å². The number of benzene rings is 2. The van der Waals surface area contributed by atoms with Crippen molar-refractivity contribution >= 4 is 34.8 Å². The van der Waals surface area contributed by atoms with Crippen LogP contribution < -0.4 is 15.5 Å². The van der Waals surface area contributed by atoms with Gasteiger partial charge in [0.2, 0.25) is 17.7 Å². The molecule has 1 aliphatic heterocycles. The third kappa shape index (κ3) is 4.28. The van der Waals surface area contributed by atoms with Crippen molar-refractivity contribution in [1.29, 1.82) is 0 Å². The van der Waals surface area contributed by atoms with Gasteiger partial charge in [-0.2, -0.15) is 0 Å². The molecule has 1 saturated heterocycles. The van der Waals surface area contributed by atoms with Gasteiger partial charge < -0.3 is 15.5 Å². The second kappa shape index (κ2) is 7.53. The molecule has 2 aromatic rings. The number of carbonyl (C=O) groups excluding carboxylic acids is 3. The average Bonchev–Trinajstić information content (AvgIpc) is 2.99. The molecule has 1 fully saturated rings. The lowest BCUT2D eigenvalue weighted by Gasteiger charge is -2.17. The van der Waals surface area contributed by atoms with Crippen molar-refractivity contribution in [2.75, 3.05) is 22.1 Å². The molecular weight excluding hydrogens is 356 g/mol. The second-order valence-corrected chi connectivity index (χ2v) is 6.25. The summed E-state index contributed by atoms with van der Waals surface area (Å²) in [6, 6.07) is 9.51. The van der Waals surface area contributed by atoms with Gasteiger partial charge in [-0.3, -0.25) is 14.4 Å². The Bertz CT molecular complexity index is 900. The lowest BCUT2D eigenvalue weighted by atomic mass is 10.1. The van der Waals surface area contributed by atoms with Gasteiger partial charge in [0.1, 0.15) is 11.6 Å². The number of carbonyl (C=O) groups is 3. The van der Waals surface area contributed by atoms with Gasteiger partial charge in [0.25, 0.3) is 0 Å².